The SMILES string of the molecule is CCCCc1nc2c(N)nnc(OC(C)C)c2n1Cc1ccc(CNC2CCOCC2)cc1. The largest absolute Gasteiger partial charge is 0.472 e. The fourth-order valence-corrected chi connectivity index (χ4v) is 4.20. The van der Waals surface area contributed by atoms with Crippen LogP contribution in [0.4, 0.5) is 5.82 Å². The van der Waals surface area contributed by atoms with Gasteiger partial charge in [-0.25, -0.2) is 4.98 Å². The maximum absolute atomic E-state index is 6.16. The van der Waals surface area contributed by atoms with Crippen molar-refractivity contribution in [2.45, 2.75) is 78.1 Å². The van der Waals surface area contributed by atoms with Gasteiger partial charge in [0.15, 0.2) is 5.82 Å². The number of unbranched alkanes of at least 4 members (excludes halogenated alkanes) is 1. The average molecular weight is 453 g/mol. The van der Waals surface area contributed by atoms with Gasteiger partial charge in [-0.2, -0.15) is 0 Å². The van der Waals surface area contributed by atoms with Crippen LogP contribution in [-0.2, 0) is 24.2 Å². The van der Waals surface area contributed by atoms with Crippen LogP contribution in [0.5, 0.6) is 5.88 Å². The highest BCUT2D eigenvalue weighted by atomic mass is 16.5. The molecule has 4 rings (SSSR count). The van der Waals surface area contributed by atoms with E-state index in [0.717, 1.165) is 63.2 Å². The van der Waals surface area contributed by atoms with Crippen molar-refractivity contribution in [3.05, 3.63) is 41.2 Å². The third-order valence-electron chi connectivity index (χ3n) is 6.02. The predicted octanol–water partition coefficient (Wildman–Crippen LogP) is 3.86. The minimum atomic E-state index is -0.0175. The maximum Gasteiger partial charge on any atom is 0.260 e. The molecule has 0 bridgehead atoms. The predicted molar refractivity (Wildman–Crippen MR) is 130 cm³/mol. The van der Waals surface area contributed by atoms with E-state index in [1.807, 2.05) is 13.8 Å². The van der Waals surface area contributed by atoms with Gasteiger partial charge in [0, 0.05) is 38.8 Å². The second-order valence-corrected chi connectivity index (χ2v) is 9.06. The molecule has 0 unspecified atom stereocenters. The van der Waals surface area contributed by atoms with Gasteiger partial charge in [-0.3, -0.25) is 0 Å². The van der Waals surface area contributed by atoms with Crippen LogP contribution in [0.2, 0.25) is 0 Å². The van der Waals surface area contributed by atoms with Gasteiger partial charge >= 0.3 is 0 Å². The molecule has 3 N–H and O–H groups in total. The number of anilines is 1. The van der Waals surface area contributed by atoms with Crippen molar-refractivity contribution < 1.29 is 9.47 Å². The molecule has 8 heteroatoms. The Bertz CT molecular complexity index is 1040. The molecule has 3 aromatic rings. The Labute approximate surface area is 195 Å². The van der Waals surface area contributed by atoms with Crippen LogP contribution in [0.25, 0.3) is 11.0 Å². The molecule has 0 atom stereocenters. The number of aromatic nitrogens is 4. The molecule has 0 radical (unpaired) electrons. The molecule has 33 heavy (non-hydrogen) atoms. The summed E-state index contributed by atoms with van der Waals surface area (Å²) in [6.45, 7) is 9.42. The summed E-state index contributed by atoms with van der Waals surface area (Å²) >= 11 is 0. The summed E-state index contributed by atoms with van der Waals surface area (Å²) in [4.78, 5) is 4.85. The number of fused-ring (bicyclic) bond motifs is 1. The Morgan fingerprint density at radius 1 is 1.15 bits per heavy atom. The Morgan fingerprint density at radius 3 is 2.58 bits per heavy atom. The van der Waals surface area contributed by atoms with Crippen molar-refractivity contribution >= 4 is 16.9 Å². The van der Waals surface area contributed by atoms with Crippen molar-refractivity contribution in [2.24, 2.45) is 0 Å². The summed E-state index contributed by atoms with van der Waals surface area (Å²) < 4.78 is 13.6. The van der Waals surface area contributed by atoms with Crippen LogP contribution in [0.1, 0.15) is 63.4 Å². The van der Waals surface area contributed by atoms with Crippen LogP contribution in [0.3, 0.4) is 0 Å². The van der Waals surface area contributed by atoms with E-state index >= 15 is 0 Å². The van der Waals surface area contributed by atoms with E-state index in [0.29, 0.717) is 29.8 Å². The van der Waals surface area contributed by atoms with Crippen molar-refractivity contribution in [1.29, 1.82) is 0 Å². The Hall–Kier alpha value is -2.71. The normalized spacial score (nSPS) is 14.9. The first kappa shape index (κ1) is 23.4. The number of imidazole rings is 1. The standard InChI is InChI=1S/C25H36N6O2/c1-4-5-6-21-28-22-23(25(33-17(2)3)30-29-24(22)26)31(21)16-19-9-7-18(8-10-19)15-27-20-11-13-32-14-12-20/h7-10,17,20,27H,4-6,11-16H2,1-3H3,(H2,26,29). The number of hydrogen-bond acceptors (Lipinski definition) is 7. The van der Waals surface area contributed by atoms with Crippen LogP contribution in [0, 0.1) is 0 Å². The Morgan fingerprint density at radius 2 is 1.88 bits per heavy atom. The van der Waals surface area contributed by atoms with E-state index in [2.05, 4.69) is 51.3 Å². The smallest absolute Gasteiger partial charge is 0.260 e. The van der Waals surface area contributed by atoms with Crippen molar-refractivity contribution in [3.63, 3.8) is 0 Å². The van der Waals surface area contributed by atoms with Gasteiger partial charge in [0.05, 0.1) is 6.10 Å². The molecule has 1 saturated heterocycles. The summed E-state index contributed by atoms with van der Waals surface area (Å²) in [6.07, 6.45) is 5.17. The van der Waals surface area contributed by atoms with Crippen LogP contribution < -0.4 is 15.8 Å². The molecule has 1 aromatic carbocycles. The molecule has 3 heterocycles. The van der Waals surface area contributed by atoms with E-state index in [4.69, 9.17) is 20.2 Å². The number of hydrogen-bond donors (Lipinski definition) is 2. The Kier molecular flexibility index (Phi) is 7.77. The lowest BCUT2D eigenvalue weighted by Gasteiger charge is -2.23. The Balaban J connectivity index is 1.57. The van der Waals surface area contributed by atoms with E-state index in [9.17, 15) is 0 Å². The number of nitrogens with one attached hydrogen (secondary N) is 1. The fraction of sp³-hybridized carbons (Fsp3) is 0.560. The zero-order valence-electron chi connectivity index (χ0n) is 20.0. The number of ether oxygens (including phenoxy) is 2. The molecule has 178 valence electrons. The molecule has 0 saturated carbocycles. The zero-order valence-corrected chi connectivity index (χ0v) is 20.0. The second kappa shape index (κ2) is 10.9. The number of nitrogens with zero attached hydrogens (tertiary/aromatic N) is 4. The average Bonchev–Trinajstić information content (AvgIpc) is 3.18. The highest BCUT2D eigenvalue weighted by Crippen LogP contribution is 2.29. The van der Waals surface area contributed by atoms with Gasteiger partial charge in [0.2, 0.25) is 0 Å². The molecule has 1 fully saturated rings. The lowest BCUT2D eigenvalue weighted by molar-refractivity contribution is 0.0776. The van der Waals surface area contributed by atoms with Crippen molar-refractivity contribution in [3.8, 4) is 5.88 Å². The van der Waals surface area contributed by atoms with Gasteiger partial charge in [-0.1, -0.05) is 37.6 Å². The monoisotopic (exact) mass is 452 g/mol. The first-order valence-corrected chi connectivity index (χ1v) is 12.1. The third-order valence-corrected chi connectivity index (χ3v) is 6.02. The molecule has 0 spiro atoms. The molecular formula is C25H36N6O2. The van der Waals surface area contributed by atoms with Crippen LogP contribution in [0.15, 0.2) is 24.3 Å². The summed E-state index contributed by atoms with van der Waals surface area (Å²) in [5, 5.41) is 12.0. The lowest BCUT2D eigenvalue weighted by Crippen LogP contribution is -2.34. The number of nitrogens with two attached hydrogens (primary N) is 1. The molecule has 0 aliphatic carbocycles. The van der Waals surface area contributed by atoms with Gasteiger partial charge in [-0.15, -0.1) is 10.2 Å². The first-order valence-electron chi connectivity index (χ1n) is 12.1. The quantitative estimate of drug-likeness (QED) is 0.482. The van der Waals surface area contributed by atoms with Crippen molar-refractivity contribution in [1.82, 2.24) is 25.1 Å². The molecule has 1 aliphatic rings. The van der Waals surface area contributed by atoms with Crippen molar-refractivity contribution in [2.75, 3.05) is 18.9 Å². The first-order chi connectivity index (χ1) is 16.0. The summed E-state index contributed by atoms with van der Waals surface area (Å²) in [7, 11) is 0. The highest BCUT2D eigenvalue weighted by Gasteiger charge is 2.20. The van der Waals surface area contributed by atoms with Gasteiger partial charge in [-0.05, 0) is 44.2 Å². The second-order valence-electron chi connectivity index (χ2n) is 9.06. The number of nitrogen functional groups attached to an aromatic ring is 1. The molecule has 1 aliphatic heterocycles. The highest BCUT2D eigenvalue weighted by molar-refractivity contribution is 5.88. The lowest BCUT2D eigenvalue weighted by atomic mass is 10.1. The minimum absolute atomic E-state index is 0.0175. The van der Waals surface area contributed by atoms with Crippen LogP contribution in [-0.4, -0.2) is 45.1 Å². The van der Waals surface area contributed by atoms with E-state index in [1.165, 1.54) is 11.1 Å². The summed E-state index contributed by atoms with van der Waals surface area (Å²) in [5.41, 5.74) is 10.1. The molecular weight excluding hydrogens is 416 g/mol. The minimum Gasteiger partial charge on any atom is -0.472 e. The van der Waals surface area contributed by atoms with Gasteiger partial charge < -0.3 is 25.1 Å². The van der Waals surface area contributed by atoms with Crippen LogP contribution >= 0.6 is 0 Å². The molecule has 0 amide bonds. The number of rotatable bonds is 10. The number of aryl methyl sites for hydroxylation is 1. The molecule has 2 aromatic heterocycles. The fourth-order valence-electron chi connectivity index (χ4n) is 4.20. The summed E-state index contributed by atoms with van der Waals surface area (Å²) in [6, 6.07) is 9.33. The van der Waals surface area contributed by atoms with E-state index in [1.54, 1.807) is 0 Å². The zero-order chi connectivity index (χ0) is 23.2. The number of benzene rings is 1. The maximum atomic E-state index is 6.16. The third kappa shape index (κ3) is 5.81. The topological polar surface area (TPSA) is 100 Å². The summed E-state index contributed by atoms with van der Waals surface area (Å²) in [5.74, 6) is 1.82. The van der Waals surface area contributed by atoms with E-state index < -0.39 is 0 Å². The van der Waals surface area contributed by atoms with Gasteiger partial charge in [0.1, 0.15) is 16.9 Å². The van der Waals surface area contributed by atoms with Gasteiger partial charge in [0.25, 0.3) is 5.88 Å². The molecule has 8 nitrogen and oxygen atoms in total. The van der Waals surface area contributed by atoms with E-state index in [-0.39, 0.29) is 6.10 Å².